The normalized spacial score (nSPS) is 12.3. The monoisotopic (exact) mass is 423 g/mol. The van der Waals surface area contributed by atoms with Crippen LogP contribution in [0.1, 0.15) is 12.0 Å². The number of halogens is 3. The Morgan fingerprint density at radius 2 is 1.79 bits per heavy atom. The Morgan fingerprint density at radius 1 is 1.07 bits per heavy atom. The van der Waals surface area contributed by atoms with Gasteiger partial charge in [0, 0.05) is 37.4 Å². The lowest BCUT2D eigenvalue weighted by Crippen LogP contribution is -2.28. The highest BCUT2D eigenvalue weighted by Crippen LogP contribution is 2.33. The molecule has 0 saturated heterocycles. The second kappa shape index (κ2) is 8.38. The molecule has 0 unspecified atom stereocenters. The van der Waals surface area contributed by atoms with E-state index in [1.54, 1.807) is 31.3 Å². The zero-order chi connectivity index (χ0) is 21.1. The van der Waals surface area contributed by atoms with Crippen molar-refractivity contribution >= 4 is 26.6 Å². The predicted molar refractivity (Wildman–Crippen MR) is 106 cm³/mol. The molecule has 3 aromatic rings. The first-order chi connectivity index (χ1) is 13.7. The van der Waals surface area contributed by atoms with Gasteiger partial charge in [0.15, 0.2) is 0 Å². The third-order valence-electron chi connectivity index (χ3n) is 4.47. The SMILES string of the molecule is CN(CCCNS(=O)(=O)c1ccccc1)c1ccnc2cc(C(F)(F)F)ccc12. The summed E-state index contributed by atoms with van der Waals surface area (Å²) in [5.41, 5.74) is 0.246. The Bertz CT molecular complexity index is 1090. The van der Waals surface area contributed by atoms with Gasteiger partial charge in [0.05, 0.1) is 16.0 Å². The highest BCUT2D eigenvalue weighted by molar-refractivity contribution is 7.89. The summed E-state index contributed by atoms with van der Waals surface area (Å²) in [6.45, 7) is 0.750. The number of hydrogen-bond acceptors (Lipinski definition) is 4. The van der Waals surface area contributed by atoms with Gasteiger partial charge in [-0.3, -0.25) is 4.98 Å². The van der Waals surface area contributed by atoms with Gasteiger partial charge >= 0.3 is 6.18 Å². The minimum Gasteiger partial charge on any atom is -0.374 e. The van der Waals surface area contributed by atoms with Crippen LogP contribution in [0, 0.1) is 0 Å². The molecule has 9 heteroatoms. The van der Waals surface area contributed by atoms with Crippen LogP contribution in [0.4, 0.5) is 18.9 Å². The van der Waals surface area contributed by atoms with Crippen molar-refractivity contribution in [3.63, 3.8) is 0 Å². The molecule has 5 nitrogen and oxygen atoms in total. The lowest BCUT2D eigenvalue weighted by molar-refractivity contribution is -0.137. The quantitative estimate of drug-likeness (QED) is 0.583. The van der Waals surface area contributed by atoms with Crippen molar-refractivity contribution in [2.24, 2.45) is 0 Å². The Morgan fingerprint density at radius 3 is 2.48 bits per heavy atom. The van der Waals surface area contributed by atoms with Gasteiger partial charge in [-0.05, 0) is 36.8 Å². The number of benzene rings is 2. The van der Waals surface area contributed by atoms with Gasteiger partial charge in [-0.2, -0.15) is 13.2 Å². The lowest BCUT2D eigenvalue weighted by Gasteiger charge is -2.21. The molecule has 0 aliphatic rings. The average Bonchev–Trinajstić information content (AvgIpc) is 2.70. The molecule has 154 valence electrons. The van der Waals surface area contributed by atoms with Crippen LogP contribution >= 0.6 is 0 Å². The number of nitrogens with zero attached hydrogens (tertiary/aromatic N) is 2. The Labute approximate surface area is 167 Å². The maximum Gasteiger partial charge on any atom is 0.416 e. The van der Waals surface area contributed by atoms with E-state index < -0.39 is 21.8 Å². The van der Waals surface area contributed by atoms with Crippen molar-refractivity contribution in [3.05, 3.63) is 66.4 Å². The molecule has 3 rings (SSSR count). The molecule has 1 heterocycles. The van der Waals surface area contributed by atoms with Crippen LogP contribution in [0.15, 0.2) is 65.7 Å². The molecular formula is C20H20F3N3O2S. The number of alkyl halides is 3. The third-order valence-corrected chi connectivity index (χ3v) is 5.95. The van der Waals surface area contributed by atoms with E-state index in [1.165, 1.54) is 24.4 Å². The van der Waals surface area contributed by atoms with Gasteiger partial charge in [-0.25, -0.2) is 13.1 Å². The molecule has 1 aromatic heterocycles. The number of rotatable bonds is 7. The van der Waals surface area contributed by atoms with Crippen LogP contribution in [0.25, 0.3) is 10.9 Å². The molecule has 0 amide bonds. The van der Waals surface area contributed by atoms with Gasteiger partial charge in [0.2, 0.25) is 10.0 Å². The summed E-state index contributed by atoms with van der Waals surface area (Å²) in [5, 5.41) is 0.605. The van der Waals surface area contributed by atoms with Gasteiger partial charge in [0.25, 0.3) is 0 Å². The standard InChI is InChI=1S/C20H20F3N3O2S/c1-26(13-5-11-25-29(27,28)16-6-3-2-4-7-16)19-10-12-24-18-14-15(20(21,22)23)8-9-17(18)19/h2-4,6-10,12,14,25H,5,11,13H2,1H3. The van der Waals surface area contributed by atoms with E-state index in [0.717, 1.165) is 17.8 Å². The third kappa shape index (κ3) is 5.04. The number of hydrogen-bond donors (Lipinski definition) is 1. The summed E-state index contributed by atoms with van der Waals surface area (Å²) in [6.07, 6.45) is -2.44. The second-order valence-electron chi connectivity index (χ2n) is 6.55. The van der Waals surface area contributed by atoms with Gasteiger partial charge in [0.1, 0.15) is 0 Å². The van der Waals surface area contributed by atoms with Crippen molar-refractivity contribution in [1.82, 2.24) is 9.71 Å². The zero-order valence-corrected chi connectivity index (χ0v) is 16.5. The number of aromatic nitrogens is 1. The average molecular weight is 423 g/mol. The van der Waals surface area contributed by atoms with E-state index in [9.17, 15) is 21.6 Å². The first-order valence-corrected chi connectivity index (χ1v) is 10.4. The van der Waals surface area contributed by atoms with E-state index in [1.807, 2.05) is 4.90 Å². The first kappa shape index (κ1) is 21.1. The van der Waals surface area contributed by atoms with Gasteiger partial charge in [-0.15, -0.1) is 0 Å². The molecule has 0 aliphatic heterocycles. The highest BCUT2D eigenvalue weighted by Gasteiger charge is 2.30. The maximum atomic E-state index is 12.9. The van der Waals surface area contributed by atoms with Crippen molar-refractivity contribution < 1.29 is 21.6 Å². The molecule has 1 N–H and O–H groups in total. The number of pyridine rings is 1. The fraction of sp³-hybridized carbons (Fsp3) is 0.250. The van der Waals surface area contributed by atoms with Crippen LogP contribution in [0.3, 0.4) is 0 Å². The van der Waals surface area contributed by atoms with Crippen molar-refractivity contribution in [2.45, 2.75) is 17.5 Å². The summed E-state index contributed by atoms with van der Waals surface area (Å²) in [4.78, 5) is 6.11. The van der Waals surface area contributed by atoms with E-state index in [4.69, 9.17) is 0 Å². The smallest absolute Gasteiger partial charge is 0.374 e. The Kier molecular flexibility index (Phi) is 6.09. The van der Waals surface area contributed by atoms with Crippen LogP contribution in [0.2, 0.25) is 0 Å². The van der Waals surface area contributed by atoms with Crippen molar-refractivity contribution in [3.8, 4) is 0 Å². The Balaban J connectivity index is 1.65. The molecular weight excluding hydrogens is 403 g/mol. The second-order valence-corrected chi connectivity index (χ2v) is 8.31. The maximum absolute atomic E-state index is 12.9. The molecule has 0 spiro atoms. The topological polar surface area (TPSA) is 62.3 Å². The minimum atomic E-state index is -4.42. The molecule has 0 aliphatic carbocycles. The van der Waals surface area contributed by atoms with Crippen LogP contribution < -0.4 is 9.62 Å². The summed E-state index contributed by atoms with van der Waals surface area (Å²) in [5.74, 6) is 0. The summed E-state index contributed by atoms with van der Waals surface area (Å²) >= 11 is 0. The Hall–Kier alpha value is -2.65. The predicted octanol–water partition coefficient (Wildman–Crippen LogP) is 4.06. The van der Waals surface area contributed by atoms with E-state index >= 15 is 0 Å². The highest BCUT2D eigenvalue weighted by atomic mass is 32.2. The molecule has 29 heavy (non-hydrogen) atoms. The van der Waals surface area contributed by atoms with Crippen molar-refractivity contribution in [1.29, 1.82) is 0 Å². The van der Waals surface area contributed by atoms with E-state index in [0.29, 0.717) is 18.4 Å². The van der Waals surface area contributed by atoms with Gasteiger partial charge in [-0.1, -0.05) is 24.3 Å². The van der Waals surface area contributed by atoms with Crippen LogP contribution in [-0.4, -0.2) is 33.5 Å². The van der Waals surface area contributed by atoms with Crippen LogP contribution in [0.5, 0.6) is 0 Å². The van der Waals surface area contributed by atoms with Crippen LogP contribution in [-0.2, 0) is 16.2 Å². The van der Waals surface area contributed by atoms with Gasteiger partial charge < -0.3 is 4.90 Å². The number of anilines is 1. The van der Waals surface area contributed by atoms with E-state index in [-0.39, 0.29) is 17.0 Å². The summed E-state index contributed by atoms with van der Waals surface area (Å²) in [7, 11) is -1.76. The first-order valence-electron chi connectivity index (χ1n) is 8.90. The summed E-state index contributed by atoms with van der Waals surface area (Å²) < 4.78 is 65.7. The summed E-state index contributed by atoms with van der Waals surface area (Å²) in [6, 6.07) is 13.3. The fourth-order valence-corrected chi connectivity index (χ4v) is 4.06. The number of fused-ring (bicyclic) bond motifs is 1. The van der Waals surface area contributed by atoms with Crippen molar-refractivity contribution in [2.75, 3.05) is 25.0 Å². The molecule has 0 bridgehead atoms. The number of nitrogens with one attached hydrogen (secondary N) is 1. The fourth-order valence-electron chi connectivity index (χ4n) is 2.97. The molecule has 0 atom stereocenters. The number of sulfonamides is 1. The molecule has 0 fully saturated rings. The lowest BCUT2D eigenvalue weighted by atomic mass is 10.1. The molecule has 2 aromatic carbocycles. The van der Waals surface area contributed by atoms with E-state index in [2.05, 4.69) is 9.71 Å². The largest absolute Gasteiger partial charge is 0.416 e. The molecule has 0 saturated carbocycles. The minimum absolute atomic E-state index is 0.203. The molecule has 0 radical (unpaired) electrons. The zero-order valence-electron chi connectivity index (χ0n) is 15.6.